The number of halogens is 3. The van der Waals surface area contributed by atoms with E-state index in [9.17, 15) is 4.39 Å². The molecule has 74 valence electrons. The minimum atomic E-state index is -0.953. The third kappa shape index (κ3) is 4.46. The molecule has 0 aliphatic carbocycles. The monoisotopic (exact) mass is 223 g/mol. The zero-order chi connectivity index (χ0) is 8.97. The van der Waals surface area contributed by atoms with Crippen LogP contribution < -0.4 is 5.73 Å². The van der Waals surface area contributed by atoms with E-state index in [2.05, 4.69) is 0 Å². The Morgan fingerprint density at radius 2 is 1.85 bits per heavy atom. The zero-order valence-electron chi connectivity index (χ0n) is 7.04. The van der Waals surface area contributed by atoms with Gasteiger partial charge in [0.15, 0.2) is 0 Å². The van der Waals surface area contributed by atoms with Gasteiger partial charge in [-0.2, -0.15) is 0 Å². The van der Waals surface area contributed by atoms with Gasteiger partial charge >= 0.3 is 0 Å². The molecule has 0 heterocycles. The second-order valence-corrected chi connectivity index (χ2v) is 3.10. The molecule has 0 bridgehead atoms. The third-order valence-electron chi connectivity index (χ3n) is 1.63. The highest BCUT2D eigenvalue weighted by Gasteiger charge is 2.03. The van der Waals surface area contributed by atoms with E-state index in [1.54, 1.807) is 12.1 Å². The van der Waals surface area contributed by atoms with Crippen LogP contribution in [0.1, 0.15) is 5.56 Å². The van der Waals surface area contributed by atoms with Gasteiger partial charge in [0, 0.05) is 18.0 Å². The Hall–Kier alpha value is -0.310. The first-order valence-electron chi connectivity index (χ1n) is 3.81. The van der Waals surface area contributed by atoms with Crippen molar-refractivity contribution in [1.29, 1.82) is 0 Å². The quantitative estimate of drug-likeness (QED) is 0.838. The molecule has 4 heteroatoms. The average molecular weight is 224 g/mol. The number of benzene rings is 1. The first kappa shape index (κ1) is 12.7. The Balaban J connectivity index is 0.00000144. The molecule has 0 radical (unpaired) electrons. The van der Waals surface area contributed by atoms with Gasteiger partial charge in [0.05, 0.1) is 0 Å². The fourth-order valence-electron chi connectivity index (χ4n) is 0.960. The molecule has 0 saturated heterocycles. The van der Waals surface area contributed by atoms with Crippen molar-refractivity contribution in [3.63, 3.8) is 0 Å². The Kier molecular flexibility index (Phi) is 6.04. The molecule has 0 amide bonds. The summed E-state index contributed by atoms with van der Waals surface area (Å²) in [5, 5.41) is 0.668. The van der Waals surface area contributed by atoms with E-state index < -0.39 is 6.17 Å². The minimum Gasteiger partial charge on any atom is -0.328 e. The predicted octanol–water partition coefficient (Wildman–Crippen LogP) is 2.60. The van der Waals surface area contributed by atoms with Crippen LogP contribution in [0.4, 0.5) is 4.39 Å². The van der Waals surface area contributed by atoms with Crippen molar-refractivity contribution in [2.75, 3.05) is 6.54 Å². The Labute approximate surface area is 88.5 Å². The average Bonchev–Trinajstić information content (AvgIpc) is 2.09. The lowest BCUT2D eigenvalue weighted by atomic mass is 10.1. The molecule has 0 fully saturated rings. The fourth-order valence-corrected chi connectivity index (χ4v) is 1.09. The summed E-state index contributed by atoms with van der Waals surface area (Å²) < 4.78 is 12.8. The minimum absolute atomic E-state index is 0. The largest absolute Gasteiger partial charge is 0.328 e. The van der Waals surface area contributed by atoms with Gasteiger partial charge in [-0.3, -0.25) is 0 Å². The van der Waals surface area contributed by atoms with Crippen LogP contribution in [-0.2, 0) is 6.42 Å². The number of nitrogens with two attached hydrogens (primary N) is 1. The summed E-state index contributed by atoms with van der Waals surface area (Å²) in [6.45, 7) is 0.0721. The molecule has 1 unspecified atom stereocenters. The van der Waals surface area contributed by atoms with Crippen LogP contribution in [0.2, 0.25) is 5.02 Å². The highest BCUT2D eigenvalue weighted by Crippen LogP contribution is 2.11. The highest BCUT2D eigenvalue weighted by molar-refractivity contribution is 6.30. The van der Waals surface area contributed by atoms with Crippen LogP contribution in [0.3, 0.4) is 0 Å². The maximum atomic E-state index is 12.8. The summed E-state index contributed by atoms with van der Waals surface area (Å²) in [6.07, 6.45) is -0.584. The molecule has 13 heavy (non-hydrogen) atoms. The van der Waals surface area contributed by atoms with Crippen molar-refractivity contribution in [3.8, 4) is 0 Å². The molecule has 1 atom stereocenters. The highest BCUT2D eigenvalue weighted by atomic mass is 35.5. The predicted molar refractivity (Wildman–Crippen MR) is 56.4 cm³/mol. The van der Waals surface area contributed by atoms with Gasteiger partial charge in [0.2, 0.25) is 0 Å². The van der Waals surface area contributed by atoms with Crippen LogP contribution in [0, 0.1) is 0 Å². The second-order valence-electron chi connectivity index (χ2n) is 2.66. The van der Waals surface area contributed by atoms with Gasteiger partial charge in [-0.25, -0.2) is 4.39 Å². The van der Waals surface area contributed by atoms with E-state index in [0.717, 1.165) is 5.56 Å². The molecule has 1 aromatic carbocycles. The van der Waals surface area contributed by atoms with Crippen LogP contribution in [0.25, 0.3) is 0 Å². The standard InChI is InChI=1S/C9H11ClFN.ClH/c10-8-3-1-7(2-4-8)5-9(11)6-12;/h1-4,9H,5-6,12H2;1H. The maximum Gasteiger partial charge on any atom is 0.116 e. The van der Waals surface area contributed by atoms with Gasteiger partial charge in [0.25, 0.3) is 0 Å². The van der Waals surface area contributed by atoms with Crippen molar-refractivity contribution in [3.05, 3.63) is 34.9 Å². The van der Waals surface area contributed by atoms with Crippen LogP contribution in [0.5, 0.6) is 0 Å². The Morgan fingerprint density at radius 3 is 2.31 bits per heavy atom. The first-order valence-corrected chi connectivity index (χ1v) is 4.18. The third-order valence-corrected chi connectivity index (χ3v) is 1.88. The summed E-state index contributed by atoms with van der Waals surface area (Å²) in [6, 6.07) is 7.12. The van der Waals surface area contributed by atoms with Gasteiger partial charge in [-0.05, 0) is 17.7 Å². The van der Waals surface area contributed by atoms with E-state index in [1.807, 2.05) is 12.1 Å². The molecule has 2 N–H and O–H groups in total. The Morgan fingerprint density at radius 1 is 1.31 bits per heavy atom. The van der Waals surface area contributed by atoms with E-state index in [0.29, 0.717) is 11.4 Å². The number of hydrogen-bond acceptors (Lipinski definition) is 1. The van der Waals surface area contributed by atoms with Crippen LogP contribution in [0.15, 0.2) is 24.3 Å². The van der Waals surface area contributed by atoms with Crippen LogP contribution >= 0.6 is 24.0 Å². The SMILES string of the molecule is Cl.NCC(F)Cc1ccc(Cl)cc1. The van der Waals surface area contributed by atoms with E-state index in [-0.39, 0.29) is 19.0 Å². The van der Waals surface area contributed by atoms with Crippen molar-refractivity contribution in [2.45, 2.75) is 12.6 Å². The molecule has 1 nitrogen and oxygen atoms in total. The summed E-state index contributed by atoms with van der Waals surface area (Å²) >= 11 is 5.66. The Bertz CT molecular complexity index is 238. The van der Waals surface area contributed by atoms with Gasteiger partial charge < -0.3 is 5.73 Å². The lowest BCUT2D eigenvalue weighted by molar-refractivity contribution is 0.340. The topological polar surface area (TPSA) is 26.0 Å². The van der Waals surface area contributed by atoms with Crippen molar-refractivity contribution in [2.24, 2.45) is 5.73 Å². The molecule has 0 spiro atoms. The molecule has 1 aromatic rings. The van der Waals surface area contributed by atoms with Gasteiger partial charge in [-0.15, -0.1) is 12.4 Å². The molecular formula is C9H12Cl2FN. The number of rotatable bonds is 3. The van der Waals surface area contributed by atoms with Crippen molar-refractivity contribution < 1.29 is 4.39 Å². The van der Waals surface area contributed by atoms with Gasteiger partial charge in [-0.1, -0.05) is 23.7 Å². The summed E-state index contributed by atoms with van der Waals surface area (Å²) in [4.78, 5) is 0. The molecule has 0 saturated carbocycles. The summed E-state index contributed by atoms with van der Waals surface area (Å²) in [5.41, 5.74) is 6.08. The molecule has 1 rings (SSSR count). The fraction of sp³-hybridized carbons (Fsp3) is 0.333. The second kappa shape index (κ2) is 6.19. The van der Waals surface area contributed by atoms with Crippen LogP contribution in [-0.4, -0.2) is 12.7 Å². The lowest BCUT2D eigenvalue weighted by Gasteiger charge is -2.04. The maximum absolute atomic E-state index is 12.8. The van der Waals surface area contributed by atoms with Gasteiger partial charge in [0.1, 0.15) is 6.17 Å². The molecular weight excluding hydrogens is 212 g/mol. The lowest BCUT2D eigenvalue weighted by Crippen LogP contribution is -2.17. The molecule has 0 aliphatic rings. The smallest absolute Gasteiger partial charge is 0.116 e. The first-order chi connectivity index (χ1) is 5.72. The van der Waals surface area contributed by atoms with Crippen molar-refractivity contribution in [1.82, 2.24) is 0 Å². The van der Waals surface area contributed by atoms with Crippen molar-refractivity contribution >= 4 is 24.0 Å². The molecule has 0 aliphatic heterocycles. The number of hydrogen-bond donors (Lipinski definition) is 1. The van der Waals surface area contributed by atoms with E-state index >= 15 is 0 Å². The summed E-state index contributed by atoms with van der Waals surface area (Å²) in [7, 11) is 0. The van der Waals surface area contributed by atoms with E-state index in [4.69, 9.17) is 17.3 Å². The summed E-state index contributed by atoms with van der Waals surface area (Å²) in [5.74, 6) is 0. The normalized spacial score (nSPS) is 11.9. The molecule has 0 aromatic heterocycles. The zero-order valence-corrected chi connectivity index (χ0v) is 8.61. The van der Waals surface area contributed by atoms with E-state index in [1.165, 1.54) is 0 Å². The number of alkyl halides is 1.